The van der Waals surface area contributed by atoms with Crippen LogP contribution in [0.2, 0.25) is 0 Å². The van der Waals surface area contributed by atoms with E-state index in [4.69, 9.17) is 33.9 Å². The third-order valence-corrected chi connectivity index (χ3v) is 6.59. The molecular formula is C24H26N6O3. The number of aromatic nitrogens is 5. The van der Waals surface area contributed by atoms with Crippen molar-refractivity contribution in [2.45, 2.75) is 31.8 Å². The van der Waals surface area contributed by atoms with Crippen LogP contribution < -0.4 is 4.90 Å². The first kappa shape index (κ1) is 20.3. The predicted octanol–water partition coefficient (Wildman–Crippen LogP) is 3.64. The van der Waals surface area contributed by atoms with Gasteiger partial charge in [-0.1, -0.05) is 23.8 Å². The molecule has 0 amide bonds. The first-order valence-corrected chi connectivity index (χ1v) is 11.4. The maximum absolute atomic E-state index is 6.18. The number of hydrogen-bond donors (Lipinski definition) is 0. The maximum atomic E-state index is 6.18. The maximum Gasteiger partial charge on any atom is 0.255 e. The van der Waals surface area contributed by atoms with E-state index >= 15 is 0 Å². The third kappa shape index (κ3) is 3.48. The lowest BCUT2D eigenvalue weighted by Crippen LogP contribution is -2.37. The van der Waals surface area contributed by atoms with E-state index in [1.165, 1.54) is 5.56 Å². The standard InChI is InChI=1S/C24H26N6O3/c1-16-5-3-6-17(15-16)18-7-10-30(28-18)23-26-20(29-11-13-32-14-12-29)19-21(27-23)33-22(25-19)24(31-2)8-4-9-24/h3,5-7,10,15H,4,8-9,11-14H2,1-2H3. The van der Waals surface area contributed by atoms with E-state index in [1.54, 1.807) is 11.8 Å². The van der Waals surface area contributed by atoms with Crippen LogP contribution in [-0.4, -0.2) is 58.1 Å². The highest BCUT2D eigenvalue weighted by molar-refractivity contribution is 5.83. The molecular weight excluding hydrogens is 420 g/mol. The van der Waals surface area contributed by atoms with Crippen molar-refractivity contribution in [2.75, 3.05) is 38.3 Å². The topological polar surface area (TPSA) is 91.3 Å². The zero-order chi connectivity index (χ0) is 22.4. The van der Waals surface area contributed by atoms with Crippen molar-refractivity contribution >= 4 is 17.0 Å². The quantitative estimate of drug-likeness (QED) is 0.459. The molecule has 2 fully saturated rings. The molecule has 4 aromatic rings. The Hall–Kier alpha value is -3.30. The van der Waals surface area contributed by atoms with Crippen molar-refractivity contribution in [3.05, 3.63) is 48.0 Å². The van der Waals surface area contributed by atoms with Crippen molar-refractivity contribution in [3.8, 4) is 17.2 Å². The molecule has 0 radical (unpaired) electrons. The average Bonchev–Trinajstić information content (AvgIpc) is 3.46. The van der Waals surface area contributed by atoms with Gasteiger partial charge in [-0.25, -0.2) is 9.67 Å². The number of aryl methyl sites for hydroxylation is 1. The minimum absolute atomic E-state index is 0.450. The van der Waals surface area contributed by atoms with Gasteiger partial charge in [0.2, 0.25) is 5.89 Å². The fourth-order valence-electron chi connectivity index (χ4n) is 4.49. The number of fused-ring (bicyclic) bond motifs is 1. The number of oxazole rings is 1. The second kappa shape index (κ2) is 7.93. The molecule has 4 heterocycles. The van der Waals surface area contributed by atoms with Gasteiger partial charge in [-0.05, 0) is 38.3 Å². The smallest absolute Gasteiger partial charge is 0.255 e. The zero-order valence-electron chi connectivity index (χ0n) is 18.8. The Morgan fingerprint density at radius 1 is 1.06 bits per heavy atom. The number of nitrogens with zero attached hydrogens (tertiary/aromatic N) is 6. The molecule has 6 rings (SSSR count). The number of benzene rings is 1. The number of ether oxygens (including phenoxy) is 2. The van der Waals surface area contributed by atoms with E-state index in [0.717, 1.165) is 49.4 Å². The fourth-order valence-corrected chi connectivity index (χ4v) is 4.49. The van der Waals surface area contributed by atoms with Gasteiger partial charge in [0.1, 0.15) is 5.60 Å². The summed E-state index contributed by atoms with van der Waals surface area (Å²) >= 11 is 0. The van der Waals surface area contributed by atoms with E-state index < -0.39 is 5.60 Å². The predicted molar refractivity (Wildman–Crippen MR) is 122 cm³/mol. The Bertz CT molecular complexity index is 1300. The van der Waals surface area contributed by atoms with Crippen LogP contribution in [0.3, 0.4) is 0 Å². The highest BCUT2D eigenvalue weighted by Gasteiger charge is 2.44. The van der Waals surface area contributed by atoms with Crippen LogP contribution in [0, 0.1) is 6.92 Å². The highest BCUT2D eigenvalue weighted by Crippen LogP contribution is 2.45. The SMILES string of the molecule is COC1(c2nc3c(N4CCOCC4)nc(-n4ccc(-c5cccc(C)c5)n4)nc3o2)CCC1. The Balaban J connectivity index is 1.46. The van der Waals surface area contributed by atoms with Crippen LogP contribution in [0.1, 0.15) is 30.7 Å². The monoisotopic (exact) mass is 446 g/mol. The van der Waals surface area contributed by atoms with Gasteiger partial charge < -0.3 is 18.8 Å². The molecule has 1 saturated carbocycles. The number of rotatable bonds is 5. The van der Waals surface area contributed by atoms with Gasteiger partial charge in [0, 0.05) is 32.0 Å². The molecule has 1 saturated heterocycles. The lowest BCUT2D eigenvalue weighted by Gasteiger charge is -2.37. The molecule has 0 bridgehead atoms. The molecule has 0 N–H and O–H groups in total. The normalized spacial score (nSPS) is 17.9. The summed E-state index contributed by atoms with van der Waals surface area (Å²) < 4.78 is 19.2. The molecule has 3 aromatic heterocycles. The second-order valence-corrected chi connectivity index (χ2v) is 8.69. The lowest BCUT2D eigenvalue weighted by molar-refractivity contribution is -0.0957. The van der Waals surface area contributed by atoms with Crippen LogP contribution in [0.15, 0.2) is 40.9 Å². The van der Waals surface area contributed by atoms with E-state index in [0.29, 0.717) is 36.3 Å². The zero-order valence-corrected chi connectivity index (χ0v) is 18.8. The molecule has 0 spiro atoms. The summed E-state index contributed by atoms with van der Waals surface area (Å²) in [5, 5.41) is 4.75. The lowest BCUT2D eigenvalue weighted by atomic mass is 9.80. The molecule has 9 nitrogen and oxygen atoms in total. The van der Waals surface area contributed by atoms with Gasteiger partial charge in [-0.2, -0.15) is 15.1 Å². The fraction of sp³-hybridized carbons (Fsp3) is 0.417. The number of methoxy groups -OCH3 is 1. The van der Waals surface area contributed by atoms with Crippen LogP contribution >= 0.6 is 0 Å². The van der Waals surface area contributed by atoms with Crippen LogP contribution in [-0.2, 0) is 15.1 Å². The molecule has 33 heavy (non-hydrogen) atoms. The summed E-state index contributed by atoms with van der Waals surface area (Å²) in [6.07, 6.45) is 4.75. The largest absolute Gasteiger partial charge is 0.419 e. The molecule has 0 atom stereocenters. The van der Waals surface area contributed by atoms with E-state index in [1.807, 2.05) is 18.3 Å². The molecule has 9 heteroatoms. The summed E-state index contributed by atoms with van der Waals surface area (Å²) in [5.74, 6) is 1.77. The minimum atomic E-state index is -0.465. The van der Waals surface area contributed by atoms with Crippen molar-refractivity contribution in [1.29, 1.82) is 0 Å². The van der Waals surface area contributed by atoms with E-state index in [9.17, 15) is 0 Å². The van der Waals surface area contributed by atoms with Crippen LogP contribution in [0.25, 0.3) is 28.4 Å². The van der Waals surface area contributed by atoms with Gasteiger partial charge in [0.25, 0.3) is 11.7 Å². The van der Waals surface area contributed by atoms with Crippen molar-refractivity contribution in [3.63, 3.8) is 0 Å². The van der Waals surface area contributed by atoms with Crippen molar-refractivity contribution in [2.24, 2.45) is 0 Å². The second-order valence-electron chi connectivity index (χ2n) is 8.69. The third-order valence-electron chi connectivity index (χ3n) is 6.59. The number of anilines is 1. The summed E-state index contributed by atoms with van der Waals surface area (Å²) in [6, 6.07) is 10.2. The molecule has 1 aliphatic heterocycles. The van der Waals surface area contributed by atoms with Crippen molar-refractivity contribution < 1.29 is 13.9 Å². The Morgan fingerprint density at radius 2 is 1.91 bits per heavy atom. The van der Waals surface area contributed by atoms with Gasteiger partial charge in [0.05, 0.1) is 18.9 Å². The van der Waals surface area contributed by atoms with Gasteiger partial charge in [-0.15, -0.1) is 0 Å². The summed E-state index contributed by atoms with van der Waals surface area (Å²) in [4.78, 5) is 16.6. The van der Waals surface area contributed by atoms with Crippen molar-refractivity contribution in [1.82, 2.24) is 24.7 Å². The van der Waals surface area contributed by atoms with E-state index in [2.05, 4.69) is 30.0 Å². The van der Waals surface area contributed by atoms with Crippen LogP contribution in [0.5, 0.6) is 0 Å². The average molecular weight is 447 g/mol. The molecule has 1 aromatic carbocycles. The molecule has 2 aliphatic rings. The van der Waals surface area contributed by atoms with Gasteiger partial charge in [-0.3, -0.25) is 0 Å². The Kier molecular flexibility index (Phi) is 4.88. The number of hydrogen-bond acceptors (Lipinski definition) is 8. The minimum Gasteiger partial charge on any atom is -0.419 e. The Morgan fingerprint density at radius 3 is 2.64 bits per heavy atom. The highest BCUT2D eigenvalue weighted by atomic mass is 16.5. The first-order valence-electron chi connectivity index (χ1n) is 11.4. The molecule has 0 unspecified atom stereocenters. The molecule has 1 aliphatic carbocycles. The van der Waals surface area contributed by atoms with Gasteiger partial charge in [0.15, 0.2) is 11.3 Å². The van der Waals surface area contributed by atoms with E-state index in [-0.39, 0.29) is 0 Å². The van der Waals surface area contributed by atoms with Crippen LogP contribution in [0.4, 0.5) is 5.82 Å². The van der Waals surface area contributed by atoms with Gasteiger partial charge >= 0.3 is 0 Å². The molecule has 170 valence electrons. The summed E-state index contributed by atoms with van der Waals surface area (Å²) in [6.45, 7) is 4.83. The number of morpholine rings is 1. The summed E-state index contributed by atoms with van der Waals surface area (Å²) in [5.41, 5.74) is 3.75. The Labute approximate surface area is 191 Å². The first-order chi connectivity index (χ1) is 16.1. The summed E-state index contributed by atoms with van der Waals surface area (Å²) in [7, 11) is 1.71.